The number of rotatable bonds is 7. The molecule has 2 N–H and O–H groups in total. The van der Waals surface area contributed by atoms with E-state index in [-0.39, 0.29) is 6.61 Å². The summed E-state index contributed by atoms with van der Waals surface area (Å²) in [7, 11) is 0. The Hall–Kier alpha value is -1.58. The Morgan fingerprint density at radius 1 is 1.10 bits per heavy atom. The lowest BCUT2D eigenvalue weighted by Gasteiger charge is -2.20. The molecule has 3 heteroatoms. The molecule has 0 amide bonds. The number of benzene rings is 1. The quantitative estimate of drug-likeness (QED) is 0.819. The molecule has 0 aliphatic rings. The first-order chi connectivity index (χ1) is 10.1. The predicted octanol–water partition coefficient (Wildman–Crippen LogP) is 3.34. The third kappa shape index (κ3) is 4.19. The second kappa shape index (κ2) is 7.43. The smallest absolute Gasteiger partial charge is 0.0681 e. The van der Waals surface area contributed by atoms with Gasteiger partial charge in [-0.1, -0.05) is 45.0 Å². The highest BCUT2D eigenvalue weighted by molar-refractivity contribution is 5.23. The fraction of sp³-hybridized carbons (Fsp3) is 0.444. The van der Waals surface area contributed by atoms with Crippen molar-refractivity contribution in [3.63, 3.8) is 0 Å². The highest BCUT2D eigenvalue weighted by atomic mass is 16.3. The average Bonchev–Trinajstić information content (AvgIpc) is 2.93. The standard InChI is InChI=1S/C18H26N2O/c1-4-19-18(14(2)3)17-9-10-20(12-17)11-15-5-7-16(13-21)8-6-15/h5-10,12,14,18-19,21H,4,11,13H2,1-3H3. The molecule has 114 valence electrons. The van der Waals surface area contributed by atoms with Gasteiger partial charge >= 0.3 is 0 Å². The maximum Gasteiger partial charge on any atom is 0.0681 e. The van der Waals surface area contributed by atoms with Crippen LogP contribution in [0.3, 0.4) is 0 Å². The van der Waals surface area contributed by atoms with Crippen molar-refractivity contribution < 1.29 is 5.11 Å². The normalized spacial score (nSPS) is 12.8. The number of nitrogens with one attached hydrogen (secondary N) is 1. The summed E-state index contributed by atoms with van der Waals surface area (Å²) in [6.07, 6.45) is 4.37. The van der Waals surface area contributed by atoms with E-state index in [4.69, 9.17) is 5.11 Å². The third-order valence-corrected chi connectivity index (χ3v) is 3.79. The number of aromatic nitrogens is 1. The molecule has 0 aliphatic heterocycles. The second-order valence-corrected chi connectivity index (χ2v) is 5.87. The summed E-state index contributed by atoms with van der Waals surface area (Å²) >= 11 is 0. The summed E-state index contributed by atoms with van der Waals surface area (Å²) in [5, 5.41) is 12.6. The molecule has 2 rings (SSSR count). The van der Waals surface area contributed by atoms with Crippen LogP contribution < -0.4 is 5.32 Å². The number of hydrogen-bond acceptors (Lipinski definition) is 2. The molecule has 0 aliphatic carbocycles. The molecule has 0 fully saturated rings. The summed E-state index contributed by atoms with van der Waals surface area (Å²) in [6.45, 7) is 8.59. The topological polar surface area (TPSA) is 37.2 Å². The summed E-state index contributed by atoms with van der Waals surface area (Å²) in [5.41, 5.74) is 3.55. The van der Waals surface area contributed by atoms with E-state index < -0.39 is 0 Å². The van der Waals surface area contributed by atoms with Crippen LogP contribution in [0.1, 0.15) is 43.5 Å². The van der Waals surface area contributed by atoms with E-state index in [1.54, 1.807) is 0 Å². The average molecular weight is 286 g/mol. The summed E-state index contributed by atoms with van der Waals surface area (Å²) in [5.74, 6) is 0.574. The molecular formula is C18H26N2O. The zero-order valence-electron chi connectivity index (χ0n) is 13.2. The maximum atomic E-state index is 9.07. The van der Waals surface area contributed by atoms with Gasteiger partial charge in [0.15, 0.2) is 0 Å². The van der Waals surface area contributed by atoms with Gasteiger partial charge in [0, 0.05) is 25.0 Å². The molecule has 0 saturated heterocycles. The Bertz CT molecular complexity index is 543. The van der Waals surface area contributed by atoms with Gasteiger partial charge in [-0.2, -0.15) is 0 Å². The van der Waals surface area contributed by atoms with Crippen LogP contribution in [0.2, 0.25) is 0 Å². The number of nitrogens with zero attached hydrogens (tertiary/aromatic N) is 1. The van der Waals surface area contributed by atoms with Gasteiger partial charge in [-0.05, 0) is 35.2 Å². The molecule has 1 atom stereocenters. The Morgan fingerprint density at radius 2 is 1.76 bits per heavy atom. The molecule has 1 aromatic carbocycles. The monoisotopic (exact) mass is 286 g/mol. The van der Waals surface area contributed by atoms with Crippen molar-refractivity contribution in [3.05, 3.63) is 59.4 Å². The highest BCUT2D eigenvalue weighted by Crippen LogP contribution is 2.22. The molecule has 0 bridgehead atoms. The highest BCUT2D eigenvalue weighted by Gasteiger charge is 2.15. The van der Waals surface area contributed by atoms with Crippen molar-refractivity contribution in [3.8, 4) is 0 Å². The van der Waals surface area contributed by atoms with Gasteiger partial charge in [0.1, 0.15) is 0 Å². The van der Waals surface area contributed by atoms with Crippen LogP contribution >= 0.6 is 0 Å². The molecule has 0 radical (unpaired) electrons. The van der Waals surface area contributed by atoms with Crippen molar-refractivity contribution in [2.24, 2.45) is 5.92 Å². The maximum absolute atomic E-state index is 9.07. The lowest BCUT2D eigenvalue weighted by molar-refractivity contribution is 0.282. The van der Waals surface area contributed by atoms with Gasteiger partial charge < -0.3 is 15.0 Å². The van der Waals surface area contributed by atoms with E-state index in [2.05, 4.69) is 61.2 Å². The van der Waals surface area contributed by atoms with Crippen LogP contribution in [0.5, 0.6) is 0 Å². The predicted molar refractivity (Wildman–Crippen MR) is 87.2 cm³/mol. The fourth-order valence-corrected chi connectivity index (χ4v) is 2.66. The van der Waals surface area contributed by atoms with Crippen LogP contribution in [-0.4, -0.2) is 16.2 Å². The molecule has 1 unspecified atom stereocenters. The molecule has 3 nitrogen and oxygen atoms in total. The number of hydrogen-bond donors (Lipinski definition) is 2. The Labute approximate surface area is 127 Å². The molecular weight excluding hydrogens is 260 g/mol. The minimum absolute atomic E-state index is 0.104. The Kier molecular flexibility index (Phi) is 5.59. The van der Waals surface area contributed by atoms with Crippen LogP contribution in [0, 0.1) is 5.92 Å². The summed E-state index contributed by atoms with van der Waals surface area (Å²) in [6, 6.07) is 10.7. The minimum Gasteiger partial charge on any atom is -0.392 e. The van der Waals surface area contributed by atoms with Crippen LogP contribution in [0.25, 0.3) is 0 Å². The van der Waals surface area contributed by atoms with Crippen molar-refractivity contribution >= 4 is 0 Å². The summed E-state index contributed by atoms with van der Waals surface area (Å²) in [4.78, 5) is 0. The van der Waals surface area contributed by atoms with E-state index >= 15 is 0 Å². The van der Waals surface area contributed by atoms with E-state index in [1.807, 2.05) is 12.1 Å². The Balaban J connectivity index is 2.07. The molecule has 21 heavy (non-hydrogen) atoms. The van der Waals surface area contributed by atoms with Crippen LogP contribution in [0.4, 0.5) is 0 Å². The van der Waals surface area contributed by atoms with Crippen molar-refractivity contribution in [1.29, 1.82) is 0 Å². The first kappa shape index (κ1) is 15.8. The zero-order chi connectivity index (χ0) is 15.2. The van der Waals surface area contributed by atoms with Crippen LogP contribution in [0.15, 0.2) is 42.7 Å². The lowest BCUT2D eigenvalue weighted by Crippen LogP contribution is -2.25. The first-order valence-electron chi connectivity index (χ1n) is 7.71. The van der Waals surface area contributed by atoms with Gasteiger partial charge in [-0.15, -0.1) is 0 Å². The first-order valence-corrected chi connectivity index (χ1v) is 7.71. The molecule has 2 aromatic rings. The molecule has 1 heterocycles. The SMILES string of the molecule is CCNC(c1ccn(Cc2ccc(CO)cc2)c1)C(C)C. The van der Waals surface area contributed by atoms with Gasteiger partial charge in [-0.3, -0.25) is 0 Å². The number of aliphatic hydroxyl groups is 1. The van der Waals surface area contributed by atoms with E-state index in [9.17, 15) is 0 Å². The van der Waals surface area contributed by atoms with Crippen molar-refractivity contribution in [2.75, 3.05) is 6.54 Å². The van der Waals surface area contributed by atoms with Crippen molar-refractivity contribution in [1.82, 2.24) is 9.88 Å². The van der Waals surface area contributed by atoms with Crippen LogP contribution in [-0.2, 0) is 13.2 Å². The largest absolute Gasteiger partial charge is 0.392 e. The molecule has 1 aromatic heterocycles. The number of aliphatic hydroxyl groups excluding tert-OH is 1. The zero-order valence-corrected chi connectivity index (χ0v) is 13.2. The Morgan fingerprint density at radius 3 is 2.33 bits per heavy atom. The lowest BCUT2D eigenvalue weighted by atomic mass is 9.98. The van der Waals surface area contributed by atoms with Gasteiger partial charge in [0.25, 0.3) is 0 Å². The molecule has 0 saturated carbocycles. The molecule has 0 spiro atoms. The van der Waals surface area contributed by atoms with E-state index in [0.29, 0.717) is 12.0 Å². The fourth-order valence-electron chi connectivity index (χ4n) is 2.66. The van der Waals surface area contributed by atoms with Gasteiger partial charge in [0.05, 0.1) is 6.61 Å². The third-order valence-electron chi connectivity index (χ3n) is 3.79. The van der Waals surface area contributed by atoms with E-state index in [1.165, 1.54) is 11.1 Å². The van der Waals surface area contributed by atoms with Crippen molar-refractivity contribution in [2.45, 2.75) is 40.0 Å². The van der Waals surface area contributed by atoms with Gasteiger partial charge in [-0.25, -0.2) is 0 Å². The van der Waals surface area contributed by atoms with E-state index in [0.717, 1.165) is 18.7 Å². The second-order valence-electron chi connectivity index (χ2n) is 5.87. The minimum atomic E-state index is 0.104. The summed E-state index contributed by atoms with van der Waals surface area (Å²) < 4.78 is 2.22. The van der Waals surface area contributed by atoms with Gasteiger partial charge in [0.2, 0.25) is 0 Å².